The summed E-state index contributed by atoms with van der Waals surface area (Å²) in [6.45, 7) is 1.40. The molecule has 8 nitrogen and oxygen atoms in total. The minimum Gasteiger partial charge on any atom is -0.381 e. The van der Waals surface area contributed by atoms with E-state index in [0.717, 1.165) is 21.5 Å². The molecule has 5 rings (SSSR count). The lowest BCUT2D eigenvalue weighted by Crippen LogP contribution is -2.35. The average Bonchev–Trinajstić information content (AvgIpc) is 3.38. The maximum absolute atomic E-state index is 13.0. The van der Waals surface area contributed by atoms with Gasteiger partial charge in [0.2, 0.25) is 5.82 Å². The molecule has 0 bridgehead atoms. The van der Waals surface area contributed by atoms with Gasteiger partial charge in [0.05, 0.1) is 6.54 Å². The second-order valence-corrected chi connectivity index (χ2v) is 7.00. The van der Waals surface area contributed by atoms with E-state index in [4.69, 9.17) is 0 Å². The number of alkyl halides is 3. The Kier molecular flexibility index (Phi) is 4.30. The van der Waals surface area contributed by atoms with Crippen LogP contribution >= 0.6 is 0 Å². The van der Waals surface area contributed by atoms with Crippen LogP contribution in [0.4, 0.5) is 24.7 Å². The van der Waals surface area contributed by atoms with Crippen molar-refractivity contribution in [3.63, 3.8) is 0 Å². The minimum atomic E-state index is -4.50. The molecule has 0 fully saturated rings. The Morgan fingerprint density at radius 3 is 2.73 bits per heavy atom. The summed E-state index contributed by atoms with van der Waals surface area (Å²) in [5.41, 5.74) is 2.80. The Labute approximate surface area is 169 Å². The molecule has 0 aromatic carbocycles. The lowest BCUT2D eigenvalue weighted by molar-refractivity contribution is -0.147. The van der Waals surface area contributed by atoms with Crippen LogP contribution in [0.1, 0.15) is 17.2 Å². The van der Waals surface area contributed by atoms with Gasteiger partial charge in [-0.05, 0) is 17.7 Å². The first-order valence-corrected chi connectivity index (χ1v) is 9.33. The molecular formula is C19H17F3N8. The standard InChI is InChI=1S/C19H17F3N8/c20-19(21,22)18-27-26-17-12-29(7-8-30(17)18)15-2-1-13(11-25-15)10-24-14-3-5-28-6-4-23-16(28)9-14/h1-6,9,11,24H,7-8,10,12H2. The van der Waals surface area contributed by atoms with Gasteiger partial charge < -0.3 is 19.2 Å². The molecule has 0 saturated carbocycles. The fourth-order valence-electron chi connectivity index (χ4n) is 3.50. The fraction of sp³-hybridized carbons (Fsp3) is 0.263. The van der Waals surface area contributed by atoms with Crippen molar-refractivity contribution in [1.29, 1.82) is 0 Å². The van der Waals surface area contributed by atoms with Crippen molar-refractivity contribution in [2.75, 3.05) is 16.8 Å². The number of nitrogens with one attached hydrogen (secondary N) is 1. The summed E-state index contributed by atoms with van der Waals surface area (Å²) in [6.07, 6.45) is 2.83. The van der Waals surface area contributed by atoms with E-state index in [1.54, 1.807) is 12.4 Å². The normalized spacial score (nSPS) is 14.2. The predicted octanol–water partition coefficient (Wildman–Crippen LogP) is 2.97. The van der Waals surface area contributed by atoms with Crippen LogP contribution in [0.3, 0.4) is 0 Å². The fourth-order valence-corrected chi connectivity index (χ4v) is 3.50. The lowest BCUT2D eigenvalue weighted by atomic mass is 10.2. The van der Waals surface area contributed by atoms with Crippen LogP contribution in [0.2, 0.25) is 0 Å². The molecule has 0 amide bonds. The number of anilines is 2. The van der Waals surface area contributed by atoms with E-state index in [0.29, 0.717) is 18.9 Å². The molecule has 1 N–H and O–H groups in total. The molecular weight excluding hydrogens is 397 g/mol. The van der Waals surface area contributed by atoms with Gasteiger partial charge in [0.1, 0.15) is 11.5 Å². The largest absolute Gasteiger partial charge is 0.451 e. The quantitative estimate of drug-likeness (QED) is 0.553. The van der Waals surface area contributed by atoms with Crippen molar-refractivity contribution < 1.29 is 13.2 Å². The zero-order valence-corrected chi connectivity index (χ0v) is 15.7. The van der Waals surface area contributed by atoms with Crippen molar-refractivity contribution >= 4 is 17.2 Å². The highest BCUT2D eigenvalue weighted by atomic mass is 19.4. The van der Waals surface area contributed by atoms with Gasteiger partial charge in [0.15, 0.2) is 5.82 Å². The molecule has 30 heavy (non-hydrogen) atoms. The summed E-state index contributed by atoms with van der Waals surface area (Å²) in [6, 6.07) is 7.74. The Bertz CT molecular complexity index is 1180. The molecule has 4 aromatic rings. The molecule has 1 aliphatic heterocycles. The topological polar surface area (TPSA) is 76.2 Å². The number of rotatable bonds is 4. The van der Waals surface area contributed by atoms with Crippen LogP contribution in [-0.2, 0) is 25.8 Å². The van der Waals surface area contributed by atoms with Gasteiger partial charge in [-0.3, -0.25) is 0 Å². The van der Waals surface area contributed by atoms with E-state index in [9.17, 15) is 13.2 Å². The lowest BCUT2D eigenvalue weighted by Gasteiger charge is -2.29. The Hall–Kier alpha value is -3.63. The summed E-state index contributed by atoms with van der Waals surface area (Å²) in [5.74, 6) is 0.0379. The Morgan fingerprint density at radius 1 is 1.03 bits per heavy atom. The summed E-state index contributed by atoms with van der Waals surface area (Å²) in [4.78, 5) is 10.6. The van der Waals surface area contributed by atoms with Crippen LogP contribution < -0.4 is 10.2 Å². The van der Waals surface area contributed by atoms with E-state index in [1.165, 1.54) is 0 Å². The van der Waals surface area contributed by atoms with E-state index in [2.05, 4.69) is 25.5 Å². The molecule has 5 heterocycles. The van der Waals surface area contributed by atoms with Crippen molar-refractivity contribution in [1.82, 2.24) is 29.1 Å². The number of pyridine rings is 2. The predicted molar refractivity (Wildman–Crippen MR) is 103 cm³/mol. The van der Waals surface area contributed by atoms with Crippen LogP contribution in [0.15, 0.2) is 49.1 Å². The summed E-state index contributed by atoms with van der Waals surface area (Å²) < 4.78 is 42.0. The number of aromatic nitrogens is 6. The van der Waals surface area contributed by atoms with Crippen LogP contribution in [0.5, 0.6) is 0 Å². The molecule has 0 aliphatic carbocycles. The molecule has 154 valence electrons. The van der Waals surface area contributed by atoms with Gasteiger partial charge in [0.25, 0.3) is 0 Å². The van der Waals surface area contributed by atoms with E-state index < -0.39 is 12.0 Å². The highest BCUT2D eigenvalue weighted by molar-refractivity contribution is 5.54. The van der Waals surface area contributed by atoms with Gasteiger partial charge in [-0.2, -0.15) is 13.2 Å². The van der Waals surface area contributed by atoms with Crippen molar-refractivity contribution in [3.05, 3.63) is 66.3 Å². The minimum absolute atomic E-state index is 0.165. The first-order chi connectivity index (χ1) is 14.5. The number of fused-ring (bicyclic) bond motifs is 2. The van der Waals surface area contributed by atoms with Gasteiger partial charge in [-0.15, -0.1) is 10.2 Å². The molecule has 0 radical (unpaired) electrons. The zero-order chi connectivity index (χ0) is 20.7. The third-order valence-corrected chi connectivity index (χ3v) is 5.03. The number of hydrogen-bond acceptors (Lipinski definition) is 6. The van der Waals surface area contributed by atoms with Crippen LogP contribution in [0.25, 0.3) is 5.65 Å². The van der Waals surface area contributed by atoms with E-state index in [1.807, 2.05) is 46.0 Å². The first kappa shape index (κ1) is 18.4. The number of halogens is 3. The third kappa shape index (κ3) is 3.42. The maximum atomic E-state index is 13.0. The van der Waals surface area contributed by atoms with Crippen LogP contribution in [0, 0.1) is 0 Å². The molecule has 4 aromatic heterocycles. The zero-order valence-electron chi connectivity index (χ0n) is 15.7. The van der Waals surface area contributed by atoms with E-state index in [-0.39, 0.29) is 18.9 Å². The number of imidazole rings is 1. The van der Waals surface area contributed by atoms with E-state index >= 15 is 0 Å². The summed E-state index contributed by atoms with van der Waals surface area (Å²) >= 11 is 0. The second-order valence-electron chi connectivity index (χ2n) is 7.00. The van der Waals surface area contributed by atoms with Crippen molar-refractivity contribution in [2.45, 2.75) is 25.8 Å². The highest BCUT2D eigenvalue weighted by Gasteiger charge is 2.39. The Balaban J connectivity index is 1.24. The van der Waals surface area contributed by atoms with Crippen molar-refractivity contribution in [3.8, 4) is 0 Å². The second kappa shape index (κ2) is 7.01. The summed E-state index contributed by atoms with van der Waals surface area (Å²) in [5, 5.41) is 10.3. The molecule has 0 unspecified atom stereocenters. The molecule has 0 spiro atoms. The SMILES string of the molecule is FC(F)(F)c1nnc2n1CCN(c1ccc(CNc3ccn4ccnc4c3)cn1)C2. The molecule has 0 atom stereocenters. The maximum Gasteiger partial charge on any atom is 0.451 e. The van der Waals surface area contributed by atoms with Gasteiger partial charge in [-0.1, -0.05) is 6.07 Å². The highest BCUT2D eigenvalue weighted by Crippen LogP contribution is 2.30. The van der Waals surface area contributed by atoms with Crippen molar-refractivity contribution in [2.24, 2.45) is 0 Å². The molecule has 0 saturated heterocycles. The smallest absolute Gasteiger partial charge is 0.381 e. The van der Waals surface area contributed by atoms with Gasteiger partial charge >= 0.3 is 6.18 Å². The monoisotopic (exact) mass is 414 g/mol. The number of hydrogen-bond donors (Lipinski definition) is 1. The van der Waals surface area contributed by atoms with Gasteiger partial charge in [0, 0.05) is 56.2 Å². The first-order valence-electron chi connectivity index (χ1n) is 9.33. The summed E-state index contributed by atoms with van der Waals surface area (Å²) in [7, 11) is 0. The van der Waals surface area contributed by atoms with Crippen LogP contribution in [-0.4, -0.2) is 35.7 Å². The Morgan fingerprint density at radius 2 is 1.93 bits per heavy atom. The average molecular weight is 414 g/mol. The van der Waals surface area contributed by atoms with Gasteiger partial charge in [-0.25, -0.2) is 9.97 Å². The number of nitrogens with zero attached hydrogens (tertiary/aromatic N) is 7. The third-order valence-electron chi connectivity index (χ3n) is 5.03. The molecule has 11 heteroatoms. The molecule has 1 aliphatic rings.